The van der Waals surface area contributed by atoms with E-state index in [-0.39, 0.29) is 16.6 Å². The molecule has 0 bridgehead atoms. The fraction of sp³-hybridized carbons (Fsp3) is 0.812. The van der Waals surface area contributed by atoms with Crippen molar-refractivity contribution in [1.82, 2.24) is 0 Å². The van der Waals surface area contributed by atoms with E-state index in [9.17, 15) is 4.79 Å². The normalized spacial score (nSPS) is 13.6. The molecule has 0 aliphatic rings. The van der Waals surface area contributed by atoms with Crippen LogP contribution in [0.1, 0.15) is 67.2 Å². The van der Waals surface area contributed by atoms with Gasteiger partial charge in [0.25, 0.3) is 0 Å². The molecule has 106 valence electrons. The molecule has 0 saturated heterocycles. The third-order valence-electron chi connectivity index (χ3n) is 4.59. The molecule has 0 heterocycles. The van der Waals surface area contributed by atoms with E-state index in [1.165, 1.54) is 0 Å². The fourth-order valence-electron chi connectivity index (χ4n) is 2.19. The first-order valence-corrected chi connectivity index (χ1v) is 7.14. The van der Waals surface area contributed by atoms with Crippen LogP contribution >= 0.6 is 0 Å². The van der Waals surface area contributed by atoms with E-state index in [0.717, 1.165) is 31.4 Å². The lowest BCUT2D eigenvalue weighted by Gasteiger charge is -2.32. The van der Waals surface area contributed by atoms with E-state index in [2.05, 4.69) is 20.8 Å². The molecule has 0 aliphatic heterocycles. The first kappa shape index (κ1) is 17.2. The van der Waals surface area contributed by atoms with Crippen LogP contribution in [0.15, 0.2) is 11.8 Å². The summed E-state index contributed by atoms with van der Waals surface area (Å²) in [6, 6.07) is 0. The molecule has 0 radical (unpaired) electrons. The van der Waals surface area contributed by atoms with Gasteiger partial charge in [-0.3, -0.25) is 4.79 Å². The first-order valence-electron chi connectivity index (χ1n) is 7.14. The number of allylic oxidation sites excluding steroid dienone is 2. The highest BCUT2D eigenvalue weighted by molar-refractivity contribution is 5.94. The van der Waals surface area contributed by atoms with Gasteiger partial charge in [0, 0.05) is 16.9 Å². The summed E-state index contributed by atoms with van der Waals surface area (Å²) in [5, 5.41) is 0. The lowest BCUT2D eigenvalue weighted by Crippen LogP contribution is -2.26. The zero-order valence-corrected chi connectivity index (χ0v) is 13.2. The number of ketones is 1. The van der Waals surface area contributed by atoms with Crippen molar-refractivity contribution >= 4 is 5.78 Å². The quantitative estimate of drug-likeness (QED) is 0.462. The van der Waals surface area contributed by atoms with E-state index < -0.39 is 0 Å². The Kier molecular flexibility index (Phi) is 6.66. The molecule has 0 atom stereocenters. The molecule has 18 heavy (non-hydrogen) atoms. The maximum absolute atomic E-state index is 12.3. The minimum atomic E-state index is -0.301. The summed E-state index contributed by atoms with van der Waals surface area (Å²) in [5.41, 5.74) is -0.293. The smallest absolute Gasteiger partial charge is 0.164 e. The molecule has 2 nitrogen and oxygen atoms in total. The Bertz CT molecular complexity index is 288. The number of rotatable bonds is 8. The lowest BCUT2D eigenvalue weighted by molar-refractivity contribution is -0.122. The van der Waals surface area contributed by atoms with Gasteiger partial charge in [-0.1, -0.05) is 41.5 Å². The molecule has 0 aromatic heterocycles. The average molecular weight is 254 g/mol. The first-order chi connectivity index (χ1) is 8.33. The summed E-state index contributed by atoms with van der Waals surface area (Å²) in [6.45, 7) is 12.5. The molecule has 0 amide bonds. The number of carbonyl (C=O) groups excluding carboxylic acids is 1. The summed E-state index contributed by atoms with van der Waals surface area (Å²) >= 11 is 0. The van der Waals surface area contributed by atoms with E-state index in [1.54, 1.807) is 13.2 Å². The van der Waals surface area contributed by atoms with E-state index in [0.29, 0.717) is 0 Å². The second-order valence-corrected chi connectivity index (χ2v) is 5.66. The average Bonchev–Trinajstić information content (AvgIpc) is 2.39. The van der Waals surface area contributed by atoms with Gasteiger partial charge in [0.1, 0.15) is 5.76 Å². The molecule has 0 aromatic rings. The highest BCUT2D eigenvalue weighted by Gasteiger charge is 2.32. The van der Waals surface area contributed by atoms with Gasteiger partial charge in [-0.05, 0) is 25.7 Å². The molecule has 0 aliphatic carbocycles. The summed E-state index contributed by atoms with van der Waals surface area (Å²) in [6.07, 6.45) is 5.58. The van der Waals surface area contributed by atoms with Gasteiger partial charge in [-0.15, -0.1) is 0 Å². The van der Waals surface area contributed by atoms with Crippen LogP contribution in [0.3, 0.4) is 0 Å². The predicted octanol–water partition coefficient (Wildman–Crippen LogP) is 4.74. The third-order valence-corrected chi connectivity index (χ3v) is 4.59. The van der Waals surface area contributed by atoms with Crippen LogP contribution in [-0.2, 0) is 9.53 Å². The Hall–Kier alpha value is -0.790. The Morgan fingerprint density at radius 3 is 1.72 bits per heavy atom. The van der Waals surface area contributed by atoms with Gasteiger partial charge in [0.15, 0.2) is 5.78 Å². The molecule has 0 aromatic carbocycles. The number of hydrogen-bond donors (Lipinski definition) is 0. The lowest BCUT2D eigenvalue weighted by atomic mass is 9.76. The zero-order chi connectivity index (χ0) is 14.4. The number of hydrogen-bond acceptors (Lipinski definition) is 2. The maximum atomic E-state index is 12.3. The molecule has 0 fully saturated rings. The molecule has 0 rings (SSSR count). The fourth-order valence-corrected chi connectivity index (χ4v) is 2.19. The van der Waals surface area contributed by atoms with Crippen molar-refractivity contribution in [3.8, 4) is 0 Å². The van der Waals surface area contributed by atoms with Crippen molar-refractivity contribution in [3.05, 3.63) is 11.8 Å². The van der Waals surface area contributed by atoms with Gasteiger partial charge in [0.05, 0.1) is 7.11 Å². The van der Waals surface area contributed by atoms with Crippen molar-refractivity contribution in [2.24, 2.45) is 10.8 Å². The zero-order valence-electron chi connectivity index (χ0n) is 13.2. The maximum Gasteiger partial charge on any atom is 0.164 e. The van der Waals surface area contributed by atoms with Crippen molar-refractivity contribution in [2.75, 3.05) is 7.11 Å². The molecule has 0 saturated carbocycles. The van der Waals surface area contributed by atoms with Crippen LogP contribution in [0.25, 0.3) is 0 Å². The Balaban J connectivity index is 5.37. The topological polar surface area (TPSA) is 26.3 Å². The molecular formula is C16H30O2. The predicted molar refractivity (Wildman–Crippen MR) is 77.5 cm³/mol. The van der Waals surface area contributed by atoms with E-state index >= 15 is 0 Å². The largest absolute Gasteiger partial charge is 0.500 e. The van der Waals surface area contributed by atoms with Crippen molar-refractivity contribution in [2.45, 2.75) is 67.2 Å². The van der Waals surface area contributed by atoms with E-state index in [4.69, 9.17) is 4.74 Å². The van der Waals surface area contributed by atoms with Crippen LogP contribution in [0.4, 0.5) is 0 Å². The molecule has 0 spiro atoms. The van der Waals surface area contributed by atoms with Crippen molar-refractivity contribution < 1.29 is 9.53 Å². The van der Waals surface area contributed by atoms with Gasteiger partial charge in [-0.2, -0.15) is 0 Å². The van der Waals surface area contributed by atoms with Gasteiger partial charge < -0.3 is 4.74 Å². The van der Waals surface area contributed by atoms with Crippen LogP contribution in [-0.4, -0.2) is 12.9 Å². The second kappa shape index (κ2) is 6.96. The SMILES string of the molecule is CCC(C)(C)C(=O)/C=C(\OC)C(CC)(CC)CC. The van der Waals surface area contributed by atoms with E-state index in [1.807, 2.05) is 20.8 Å². The van der Waals surface area contributed by atoms with Gasteiger partial charge in [0.2, 0.25) is 0 Å². The minimum absolute atomic E-state index is 0.00817. The molecule has 2 heteroatoms. The summed E-state index contributed by atoms with van der Waals surface area (Å²) in [7, 11) is 1.67. The monoisotopic (exact) mass is 254 g/mol. The number of ether oxygens (including phenoxy) is 1. The van der Waals surface area contributed by atoms with Crippen LogP contribution in [0, 0.1) is 10.8 Å². The van der Waals surface area contributed by atoms with Gasteiger partial charge >= 0.3 is 0 Å². The second-order valence-electron chi connectivity index (χ2n) is 5.66. The Morgan fingerprint density at radius 1 is 1.00 bits per heavy atom. The van der Waals surface area contributed by atoms with Crippen molar-refractivity contribution in [1.29, 1.82) is 0 Å². The molecule has 0 N–H and O–H groups in total. The highest BCUT2D eigenvalue weighted by Crippen LogP contribution is 2.39. The van der Waals surface area contributed by atoms with Crippen LogP contribution in [0.2, 0.25) is 0 Å². The highest BCUT2D eigenvalue weighted by atomic mass is 16.5. The molecule has 0 unspecified atom stereocenters. The summed E-state index contributed by atoms with van der Waals surface area (Å²) < 4.78 is 5.54. The minimum Gasteiger partial charge on any atom is -0.500 e. The number of methoxy groups -OCH3 is 1. The summed E-state index contributed by atoms with van der Waals surface area (Å²) in [4.78, 5) is 12.3. The van der Waals surface area contributed by atoms with Crippen LogP contribution < -0.4 is 0 Å². The Labute approximate surface area is 113 Å². The Morgan fingerprint density at radius 2 is 1.44 bits per heavy atom. The van der Waals surface area contributed by atoms with Gasteiger partial charge in [-0.25, -0.2) is 0 Å². The third kappa shape index (κ3) is 3.60. The van der Waals surface area contributed by atoms with Crippen molar-refractivity contribution in [3.63, 3.8) is 0 Å². The molecular weight excluding hydrogens is 224 g/mol. The standard InChI is InChI=1S/C16H30O2/c1-8-15(5,6)13(17)12-14(18-7)16(9-2,10-3)11-4/h12H,8-11H2,1-7H3/b14-12-. The number of carbonyl (C=O) groups is 1. The summed E-state index contributed by atoms with van der Waals surface area (Å²) in [5.74, 6) is 1.02. The van der Waals surface area contributed by atoms with Crippen LogP contribution in [0.5, 0.6) is 0 Å².